The number of hydrogen-bond donors (Lipinski definition) is 1. The summed E-state index contributed by atoms with van der Waals surface area (Å²) in [5.41, 5.74) is 0. The van der Waals surface area contributed by atoms with Gasteiger partial charge < -0.3 is 5.32 Å². The average Bonchev–Trinajstić information content (AvgIpc) is 2.58. The molecule has 0 unspecified atom stereocenters. The fraction of sp³-hybridized carbons (Fsp3) is 0.778. The molecule has 0 aliphatic heterocycles. The van der Waals surface area contributed by atoms with E-state index in [1.807, 2.05) is 18.8 Å². The van der Waals surface area contributed by atoms with Crippen molar-refractivity contribution in [2.75, 3.05) is 25.1 Å². The molecule has 0 saturated heterocycles. The van der Waals surface area contributed by atoms with Crippen LogP contribution >= 0.6 is 11.8 Å². The molecule has 0 amide bonds. The van der Waals surface area contributed by atoms with E-state index in [9.17, 15) is 0 Å². The molecule has 0 bridgehead atoms. The SMILES string of the molecule is CSCCCNCCc1ncn(C)n1. The minimum atomic E-state index is 0.917. The predicted molar refractivity (Wildman–Crippen MR) is 60.6 cm³/mol. The van der Waals surface area contributed by atoms with Crippen LogP contribution in [0, 0.1) is 0 Å². The summed E-state index contributed by atoms with van der Waals surface area (Å²) < 4.78 is 1.74. The van der Waals surface area contributed by atoms with Crippen molar-refractivity contribution >= 4 is 11.8 Å². The minimum absolute atomic E-state index is 0.917. The van der Waals surface area contributed by atoms with E-state index in [0.717, 1.165) is 25.3 Å². The van der Waals surface area contributed by atoms with Crippen molar-refractivity contribution in [1.29, 1.82) is 0 Å². The lowest BCUT2D eigenvalue weighted by atomic mass is 10.4. The highest BCUT2D eigenvalue weighted by Gasteiger charge is 1.97. The van der Waals surface area contributed by atoms with Crippen molar-refractivity contribution in [1.82, 2.24) is 20.1 Å². The molecular weight excluding hydrogens is 196 g/mol. The summed E-state index contributed by atoms with van der Waals surface area (Å²) in [5.74, 6) is 2.15. The molecule has 1 heterocycles. The number of aryl methyl sites for hydroxylation is 1. The third-order valence-electron chi connectivity index (χ3n) is 1.87. The van der Waals surface area contributed by atoms with Gasteiger partial charge in [-0.25, -0.2) is 4.98 Å². The Morgan fingerprint density at radius 1 is 1.50 bits per heavy atom. The molecule has 1 aromatic heterocycles. The zero-order chi connectivity index (χ0) is 10.2. The molecule has 0 aliphatic carbocycles. The first kappa shape index (κ1) is 11.5. The van der Waals surface area contributed by atoms with Crippen LogP contribution in [0.5, 0.6) is 0 Å². The Balaban J connectivity index is 1.99. The van der Waals surface area contributed by atoms with E-state index in [-0.39, 0.29) is 0 Å². The normalized spacial score (nSPS) is 10.7. The van der Waals surface area contributed by atoms with Gasteiger partial charge in [-0.1, -0.05) is 0 Å². The fourth-order valence-corrected chi connectivity index (χ4v) is 1.60. The first-order chi connectivity index (χ1) is 6.83. The van der Waals surface area contributed by atoms with Crippen LogP contribution < -0.4 is 5.32 Å². The van der Waals surface area contributed by atoms with Crippen LogP contribution in [-0.2, 0) is 13.5 Å². The van der Waals surface area contributed by atoms with Crippen LogP contribution in [0.4, 0.5) is 0 Å². The summed E-state index contributed by atoms with van der Waals surface area (Å²) >= 11 is 1.89. The Bertz CT molecular complexity index is 249. The van der Waals surface area contributed by atoms with Gasteiger partial charge in [0.1, 0.15) is 6.33 Å². The maximum absolute atomic E-state index is 4.21. The Morgan fingerprint density at radius 2 is 2.36 bits per heavy atom. The lowest BCUT2D eigenvalue weighted by Gasteiger charge is -2.01. The van der Waals surface area contributed by atoms with E-state index in [1.54, 1.807) is 11.0 Å². The van der Waals surface area contributed by atoms with Crippen LogP contribution in [0.2, 0.25) is 0 Å². The van der Waals surface area contributed by atoms with Gasteiger partial charge in [-0.2, -0.15) is 16.9 Å². The number of nitrogens with zero attached hydrogens (tertiary/aromatic N) is 3. The molecule has 1 aromatic rings. The highest BCUT2D eigenvalue weighted by atomic mass is 32.2. The molecule has 0 atom stereocenters. The van der Waals surface area contributed by atoms with E-state index in [1.165, 1.54) is 12.2 Å². The van der Waals surface area contributed by atoms with Crippen molar-refractivity contribution in [2.24, 2.45) is 7.05 Å². The lowest BCUT2D eigenvalue weighted by molar-refractivity contribution is 0.653. The molecule has 5 heteroatoms. The van der Waals surface area contributed by atoms with Crippen LogP contribution in [0.15, 0.2) is 6.33 Å². The standard InChI is InChI=1S/C9H18N4S/c1-13-8-11-9(12-13)4-6-10-5-3-7-14-2/h8,10H,3-7H2,1-2H3. The van der Waals surface area contributed by atoms with Gasteiger partial charge in [-0.05, 0) is 25.0 Å². The molecule has 0 aliphatic rings. The molecular formula is C9H18N4S. The van der Waals surface area contributed by atoms with Crippen LogP contribution in [0.25, 0.3) is 0 Å². The monoisotopic (exact) mass is 214 g/mol. The summed E-state index contributed by atoms with van der Waals surface area (Å²) in [6.45, 7) is 2.06. The Morgan fingerprint density at radius 3 is 3.00 bits per heavy atom. The number of rotatable bonds is 7. The van der Waals surface area contributed by atoms with Crippen molar-refractivity contribution in [3.63, 3.8) is 0 Å². The van der Waals surface area contributed by atoms with Gasteiger partial charge >= 0.3 is 0 Å². The molecule has 80 valence electrons. The zero-order valence-electron chi connectivity index (χ0n) is 8.86. The first-order valence-corrected chi connectivity index (χ1v) is 6.26. The summed E-state index contributed by atoms with van der Waals surface area (Å²) in [6, 6.07) is 0. The largest absolute Gasteiger partial charge is 0.316 e. The molecule has 1 N–H and O–H groups in total. The Labute approximate surface area is 89.5 Å². The van der Waals surface area contributed by atoms with Gasteiger partial charge in [0.15, 0.2) is 5.82 Å². The van der Waals surface area contributed by atoms with Crippen LogP contribution in [0.1, 0.15) is 12.2 Å². The van der Waals surface area contributed by atoms with Gasteiger partial charge in [-0.3, -0.25) is 4.68 Å². The topological polar surface area (TPSA) is 42.7 Å². The van der Waals surface area contributed by atoms with Crippen LogP contribution in [-0.4, -0.2) is 39.9 Å². The number of nitrogens with one attached hydrogen (secondary N) is 1. The summed E-state index contributed by atoms with van der Waals surface area (Å²) in [4.78, 5) is 4.16. The Hall–Kier alpha value is -0.550. The first-order valence-electron chi connectivity index (χ1n) is 4.87. The molecule has 0 saturated carbocycles. The highest BCUT2D eigenvalue weighted by molar-refractivity contribution is 7.98. The number of thioether (sulfide) groups is 1. The number of aromatic nitrogens is 3. The quantitative estimate of drug-likeness (QED) is 0.679. The van der Waals surface area contributed by atoms with E-state index in [2.05, 4.69) is 21.7 Å². The smallest absolute Gasteiger partial charge is 0.151 e. The van der Waals surface area contributed by atoms with Gasteiger partial charge in [-0.15, -0.1) is 0 Å². The fourth-order valence-electron chi connectivity index (χ4n) is 1.17. The molecule has 4 nitrogen and oxygen atoms in total. The van der Waals surface area contributed by atoms with Crippen LogP contribution in [0.3, 0.4) is 0 Å². The van der Waals surface area contributed by atoms with Gasteiger partial charge in [0, 0.05) is 20.0 Å². The molecule has 14 heavy (non-hydrogen) atoms. The second-order valence-corrected chi connectivity index (χ2v) is 4.17. The zero-order valence-corrected chi connectivity index (χ0v) is 9.68. The summed E-state index contributed by atoms with van der Waals surface area (Å²) in [7, 11) is 1.89. The molecule has 0 radical (unpaired) electrons. The van der Waals surface area contributed by atoms with E-state index in [0.29, 0.717) is 0 Å². The predicted octanol–water partition coefficient (Wildman–Crippen LogP) is 0.700. The molecule has 0 aromatic carbocycles. The maximum Gasteiger partial charge on any atom is 0.151 e. The molecule has 1 rings (SSSR count). The third-order valence-corrected chi connectivity index (χ3v) is 2.57. The minimum Gasteiger partial charge on any atom is -0.316 e. The lowest BCUT2D eigenvalue weighted by Crippen LogP contribution is -2.19. The van der Waals surface area contributed by atoms with Crippen molar-refractivity contribution in [2.45, 2.75) is 12.8 Å². The van der Waals surface area contributed by atoms with E-state index < -0.39 is 0 Å². The highest BCUT2D eigenvalue weighted by Crippen LogP contribution is 1.93. The van der Waals surface area contributed by atoms with E-state index in [4.69, 9.17) is 0 Å². The molecule has 0 fully saturated rings. The second-order valence-electron chi connectivity index (χ2n) is 3.18. The van der Waals surface area contributed by atoms with Gasteiger partial charge in [0.2, 0.25) is 0 Å². The third kappa shape index (κ3) is 4.62. The summed E-state index contributed by atoms with van der Waals surface area (Å²) in [6.07, 6.45) is 6.03. The van der Waals surface area contributed by atoms with Crippen molar-refractivity contribution in [3.8, 4) is 0 Å². The number of hydrogen-bond acceptors (Lipinski definition) is 4. The molecule has 0 spiro atoms. The maximum atomic E-state index is 4.21. The average molecular weight is 214 g/mol. The van der Waals surface area contributed by atoms with E-state index >= 15 is 0 Å². The summed E-state index contributed by atoms with van der Waals surface area (Å²) in [5, 5.41) is 7.58. The van der Waals surface area contributed by atoms with Gasteiger partial charge in [0.25, 0.3) is 0 Å². The van der Waals surface area contributed by atoms with Gasteiger partial charge in [0.05, 0.1) is 0 Å². The Kier molecular flexibility index (Phi) is 5.63. The second kappa shape index (κ2) is 6.84. The van der Waals surface area contributed by atoms with Crippen molar-refractivity contribution < 1.29 is 0 Å². The van der Waals surface area contributed by atoms with Crippen molar-refractivity contribution in [3.05, 3.63) is 12.2 Å².